The number of hydrogen-bond acceptors (Lipinski definition) is 3. The number of nitrogens with zero attached hydrogens (tertiary/aromatic N) is 2. The van der Waals surface area contributed by atoms with Crippen molar-refractivity contribution < 1.29 is 8.42 Å². The zero-order chi connectivity index (χ0) is 17.5. The van der Waals surface area contributed by atoms with Crippen LogP contribution in [0.15, 0.2) is 29.3 Å². The van der Waals surface area contributed by atoms with E-state index in [1.54, 1.807) is 20.9 Å². The van der Waals surface area contributed by atoms with Crippen molar-refractivity contribution in [3.63, 3.8) is 0 Å². The lowest BCUT2D eigenvalue weighted by molar-refractivity contribution is 0.353. The summed E-state index contributed by atoms with van der Waals surface area (Å²) in [6, 6.07) is 8.28. The molecule has 1 aromatic rings. The fourth-order valence-corrected chi connectivity index (χ4v) is 4.81. The lowest BCUT2D eigenvalue weighted by Crippen LogP contribution is -2.57. The van der Waals surface area contributed by atoms with E-state index in [2.05, 4.69) is 21.3 Å². The third-order valence-corrected chi connectivity index (χ3v) is 7.70. The van der Waals surface area contributed by atoms with Gasteiger partial charge in [-0.05, 0) is 38.0 Å². The highest BCUT2D eigenvalue weighted by Gasteiger charge is 2.43. The molecule has 0 radical (unpaired) electrons. The Labute approximate surface area is 149 Å². The van der Waals surface area contributed by atoms with Gasteiger partial charge in [-0.15, -0.1) is 0 Å². The van der Waals surface area contributed by atoms with Gasteiger partial charge >= 0.3 is 0 Å². The zero-order valence-corrected chi connectivity index (χ0v) is 15.9. The summed E-state index contributed by atoms with van der Waals surface area (Å²) in [7, 11) is -1.30. The van der Waals surface area contributed by atoms with E-state index < -0.39 is 14.6 Å². The Kier molecular flexibility index (Phi) is 4.55. The first-order valence-electron chi connectivity index (χ1n) is 8.19. The van der Waals surface area contributed by atoms with Crippen LogP contribution in [0.2, 0.25) is 5.02 Å². The minimum atomic E-state index is -3.05. The fourth-order valence-electron chi connectivity index (χ4n) is 3.25. The van der Waals surface area contributed by atoms with Gasteiger partial charge in [0.2, 0.25) is 0 Å². The molecule has 5 nitrogen and oxygen atoms in total. The Morgan fingerprint density at radius 2 is 2.17 bits per heavy atom. The molecule has 1 aliphatic heterocycles. The normalized spacial score (nSPS) is 28.5. The lowest BCUT2D eigenvalue weighted by Gasteiger charge is -2.39. The smallest absolute Gasteiger partial charge is 0.193 e. The molecule has 1 N–H and O–H groups in total. The molecular weight excluding hydrogens is 346 g/mol. The molecular formula is C17H24ClN3O2S. The molecule has 0 bridgehead atoms. The highest BCUT2D eigenvalue weighted by atomic mass is 35.5. The number of guanidine groups is 1. The molecule has 0 aromatic heterocycles. The van der Waals surface area contributed by atoms with Crippen molar-refractivity contribution in [3.8, 4) is 0 Å². The van der Waals surface area contributed by atoms with E-state index in [0.29, 0.717) is 25.0 Å². The summed E-state index contributed by atoms with van der Waals surface area (Å²) in [6.45, 7) is 4.52. The highest BCUT2D eigenvalue weighted by Crippen LogP contribution is 2.41. The van der Waals surface area contributed by atoms with Crippen LogP contribution in [-0.2, 0) is 9.84 Å². The van der Waals surface area contributed by atoms with E-state index in [-0.39, 0.29) is 5.75 Å². The first-order valence-corrected chi connectivity index (χ1v) is 10.2. The van der Waals surface area contributed by atoms with Crippen LogP contribution in [0.5, 0.6) is 0 Å². The number of benzene rings is 1. The van der Waals surface area contributed by atoms with E-state index >= 15 is 0 Å². The van der Waals surface area contributed by atoms with Crippen molar-refractivity contribution in [2.75, 3.05) is 25.9 Å². The molecule has 24 heavy (non-hydrogen) atoms. The monoisotopic (exact) mass is 369 g/mol. The summed E-state index contributed by atoms with van der Waals surface area (Å²) >= 11 is 6.07. The van der Waals surface area contributed by atoms with Crippen molar-refractivity contribution in [1.29, 1.82) is 0 Å². The largest absolute Gasteiger partial charge is 0.353 e. The highest BCUT2D eigenvalue weighted by molar-refractivity contribution is 7.92. The average molecular weight is 370 g/mol. The number of rotatable bonds is 2. The summed E-state index contributed by atoms with van der Waals surface area (Å²) in [5.41, 5.74) is 1.23. The number of hydrogen-bond donors (Lipinski definition) is 1. The maximum absolute atomic E-state index is 12.2. The van der Waals surface area contributed by atoms with Gasteiger partial charge in [-0.3, -0.25) is 4.99 Å². The van der Waals surface area contributed by atoms with Gasteiger partial charge in [0.1, 0.15) is 0 Å². The van der Waals surface area contributed by atoms with Crippen LogP contribution in [0.4, 0.5) is 0 Å². The number of sulfone groups is 1. The van der Waals surface area contributed by atoms with E-state index in [1.807, 2.05) is 18.2 Å². The van der Waals surface area contributed by atoms with Gasteiger partial charge in [0.15, 0.2) is 15.8 Å². The van der Waals surface area contributed by atoms with Crippen LogP contribution in [0, 0.1) is 0 Å². The van der Waals surface area contributed by atoms with Crippen molar-refractivity contribution in [1.82, 2.24) is 10.2 Å². The Morgan fingerprint density at radius 1 is 1.42 bits per heavy atom. The van der Waals surface area contributed by atoms with E-state index in [1.165, 1.54) is 5.56 Å². The van der Waals surface area contributed by atoms with Crippen LogP contribution >= 0.6 is 11.6 Å². The molecule has 2 unspecified atom stereocenters. The third kappa shape index (κ3) is 3.40. The first kappa shape index (κ1) is 17.5. The molecule has 0 amide bonds. The zero-order valence-electron chi connectivity index (χ0n) is 14.3. The SMILES string of the molecule is CN=C(NC1CC1c1cccc(Cl)c1)N1CCS(=O)(=O)C(C)(C)C1. The van der Waals surface area contributed by atoms with Gasteiger partial charge < -0.3 is 10.2 Å². The van der Waals surface area contributed by atoms with Gasteiger partial charge in [0.25, 0.3) is 0 Å². The topological polar surface area (TPSA) is 61.8 Å². The molecule has 1 aromatic carbocycles. The predicted molar refractivity (Wildman–Crippen MR) is 98.5 cm³/mol. The quantitative estimate of drug-likeness (QED) is 0.641. The molecule has 7 heteroatoms. The van der Waals surface area contributed by atoms with Crippen LogP contribution in [0.3, 0.4) is 0 Å². The summed E-state index contributed by atoms with van der Waals surface area (Å²) in [6.07, 6.45) is 1.04. The summed E-state index contributed by atoms with van der Waals surface area (Å²) in [5, 5.41) is 4.24. The minimum Gasteiger partial charge on any atom is -0.353 e. The summed E-state index contributed by atoms with van der Waals surface area (Å²) < 4.78 is 23.6. The molecule has 1 aliphatic carbocycles. The van der Waals surface area contributed by atoms with Crippen LogP contribution in [0.25, 0.3) is 0 Å². The number of halogens is 1. The maximum atomic E-state index is 12.2. The van der Waals surface area contributed by atoms with E-state index in [4.69, 9.17) is 11.6 Å². The molecule has 1 saturated heterocycles. The minimum absolute atomic E-state index is 0.170. The molecule has 2 atom stereocenters. The summed E-state index contributed by atoms with van der Waals surface area (Å²) in [4.78, 5) is 6.41. The van der Waals surface area contributed by atoms with Crippen LogP contribution < -0.4 is 5.32 Å². The standard InChI is InChI=1S/C17H24ClN3O2S/c1-17(2)11-21(7-8-24(17,22)23)16(19-3)20-15-10-14(15)12-5-4-6-13(18)9-12/h4-6,9,14-15H,7-8,10-11H2,1-3H3,(H,19,20). The molecule has 1 heterocycles. The summed E-state index contributed by atoms with van der Waals surface area (Å²) in [5.74, 6) is 1.39. The second-order valence-corrected chi connectivity index (χ2v) is 10.4. The van der Waals surface area contributed by atoms with Crippen LogP contribution in [0.1, 0.15) is 31.7 Å². The Morgan fingerprint density at radius 3 is 2.79 bits per heavy atom. The van der Waals surface area contributed by atoms with Gasteiger partial charge in [-0.25, -0.2) is 8.42 Å². The maximum Gasteiger partial charge on any atom is 0.193 e. The molecule has 3 rings (SSSR count). The van der Waals surface area contributed by atoms with Gasteiger partial charge in [-0.2, -0.15) is 0 Å². The number of nitrogens with one attached hydrogen (secondary N) is 1. The Bertz CT molecular complexity index is 761. The first-order chi connectivity index (χ1) is 11.2. The Hall–Kier alpha value is -1.27. The predicted octanol–water partition coefficient (Wildman–Crippen LogP) is 2.28. The van der Waals surface area contributed by atoms with Gasteiger partial charge in [0.05, 0.1) is 10.5 Å². The van der Waals surface area contributed by atoms with E-state index in [0.717, 1.165) is 17.4 Å². The molecule has 2 fully saturated rings. The van der Waals surface area contributed by atoms with Crippen molar-refractivity contribution in [2.45, 2.75) is 37.0 Å². The van der Waals surface area contributed by atoms with Gasteiger partial charge in [-0.1, -0.05) is 23.7 Å². The molecule has 0 spiro atoms. The van der Waals surface area contributed by atoms with Gasteiger partial charge in [0, 0.05) is 37.1 Å². The van der Waals surface area contributed by atoms with Crippen molar-refractivity contribution in [3.05, 3.63) is 34.9 Å². The van der Waals surface area contributed by atoms with Crippen molar-refractivity contribution >= 4 is 27.4 Å². The third-order valence-electron chi connectivity index (χ3n) is 4.94. The lowest BCUT2D eigenvalue weighted by atomic mass is 10.1. The fraction of sp³-hybridized carbons (Fsp3) is 0.588. The number of aliphatic imine (C=N–C) groups is 1. The van der Waals surface area contributed by atoms with Crippen molar-refractivity contribution in [2.24, 2.45) is 4.99 Å². The molecule has 132 valence electrons. The molecule has 1 saturated carbocycles. The second-order valence-electron chi connectivity index (χ2n) is 7.20. The molecule has 2 aliphatic rings. The Balaban J connectivity index is 1.65. The van der Waals surface area contributed by atoms with E-state index in [9.17, 15) is 8.42 Å². The van der Waals surface area contributed by atoms with Crippen LogP contribution in [-0.4, -0.2) is 56.0 Å². The average Bonchev–Trinajstić information content (AvgIpc) is 3.27. The second kappa shape index (κ2) is 6.23.